The summed E-state index contributed by atoms with van der Waals surface area (Å²) >= 11 is 0. The summed E-state index contributed by atoms with van der Waals surface area (Å²) in [6, 6.07) is 9.71. The van der Waals surface area contributed by atoms with Gasteiger partial charge in [-0.1, -0.05) is 23.8 Å². The normalized spacial score (nSPS) is 10.2. The molecule has 0 aliphatic carbocycles. The average molecular weight is 270 g/mol. The molecule has 0 radical (unpaired) electrons. The molecule has 0 unspecified atom stereocenters. The van der Waals surface area contributed by atoms with E-state index in [9.17, 15) is 4.79 Å². The highest BCUT2D eigenvalue weighted by atomic mass is 16.5. The number of hydrogen-bond donors (Lipinski definition) is 0. The first-order chi connectivity index (χ1) is 9.62. The second kappa shape index (κ2) is 5.78. The molecular formula is C17H18O3. The highest BCUT2D eigenvalue weighted by molar-refractivity contribution is 5.94. The molecule has 104 valence electrons. The SMILES string of the molecule is COc1ccc(OC)c(-c2cc(C)ccc2C)c1C=O. The van der Waals surface area contributed by atoms with Crippen LogP contribution in [0.2, 0.25) is 0 Å². The summed E-state index contributed by atoms with van der Waals surface area (Å²) in [7, 11) is 3.16. The number of aryl methyl sites for hydroxylation is 2. The van der Waals surface area contributed by atoms with Crippen LogP contribution in [-0.4, -0.2) is 20.5 Å². The monoisotopic (exact) mass is 270 g/mol. The number of ether oxygens (including phenoxy) is 2. The summed E-state index contributed by atoms with van der Waals surface area (Å²) < 4.78 is 10.7. The summed E-state index contributed by atoms with van der Waals surface area (Å²) in [5, 5.41) is 0. The summed E-state index contributed by atoms with van der Waals surface area (Å²) in [5.74, 6) is 1.22. The molecule has 0 bridgehead atoms. The fourth-order valence-corrected chi connectivity index (χ4v) is 2.33. The summed E-state index contributed by atoms with van der Waals surface area (Å²) in [6.45, 7) is 4.04. The zero-order valence-electron chi connectivity index (χ0n) is 12.2. The van der Waals surface area contributed by atoms with Crippen molar-refractivity contribution >= 4 is 6.29 Å². The van der Waals surface area contributed by atoms with Crippen molar-refractivity contribution in [2.75, 3.05) is 14.2 Å². The van der Waals surface area contributed by atoms with Crippen molar-refractivity contribution in [3.8, 4) is 22.6 Å². The second-order valence-corrected chi connectivity index (χ2v) is 4.69. The third-order valence-corrected chi connectivity index (χ3v) is 3.39. The van der Waals surface area contributed by atoms with Gasteiger partial charge in [-0.15, -0.1) is 0 Å². The number of carbonyl (C=O) groups is 1. The van der Waals surface area contributed by atoms with Gasteiger partial charge in [0.15, 0.2) is 6.29 Å². The van der Waals surface area contributed by atoms with E-state index in [4.69, 9.17) is 9.47 Å². The van der Waals surface area contributed by atoms with E-state index in [1.165, 1.54) is 0 Å². The Morgan fingerprint density at radius 2 is 1.60 bits per heavy atom. The van der Waals surface area contributed by atoms with Gasteiger partial charge in [0.2, 0.25) is 0 Å². The van der Waals surface area contributed by atoms with Gasteiger partial charge in [0.25, 0.3) is 0 Å². The lowest BCUT2D eigenvalue weighted by Crippen LogP contribution is -1.99. The van der Waals surface area contributed by atoms with Crippen LogP contribution in [0.3, 0.4) is 0 Å². The van der Waals surface area contributed by atoms with E-state index in [1.54, 1.807) is 20.3 Å². The lowest BCUT2D eigenvalue weighted by atomic mass is 9.93. The zero-order chi connectivity index (χ0) is 14.7. The van der Waals surface area contributed by atoms with E-state index in [2.05, 4.69) is 6.07 Å². The maximum absolute atomic E-state index is 11.5. The van der Waals surface area contributed by atoms with Gasteiger partial charge in [-0.2, -0.15) is 0 Å². The van der Waals surface area contributed by atoms with E-state index in [1.807, 2.05) is 32.0 Å². The molecule has 0 saturated heterocycles. The Bertz CT molecular complexity index is 645. The van der Waals surface area contributed by atoms with E-state index >= 15 is 0 Å². The topological polar surface area (TPSA) is 35.5 Å². The molecule has 0 atom stereocenters. The zero-order valence-corrected chi connectivity index (χ0v) is 12.2. The van der Waals surface area contributed by atoms with E-state index < -0.39 is 0 Å². The predicted octanol–water partition coefficient (Wildman–Crippen LogP) is 3.80. The smallest absolute Gasteiger partial charge is 0.154 e. The minimum atomic E-state index is 0.514. The van der Waals surface area contributed by atoms with Gasteiger partial charge in [0.1, 0.15) is 11.5 Å². The van der Waals surface area contributed by atoms with Crippen LogP contribution in [0.1, 0.15) is 21.5 Å². The largest absolute Gasteiger partial charge is 0.496 e. The highest BCUT2D eigenvalue weighted by Crippen LogP contribution is 2.39. The number of carbonyl (C=O) groups excluding carboxylic acids is 1. The fraction of sp³-hybridized carbons (Fsp3) is 0.235. The number of rotatable bonds is 4. The first-order valence-corrected chi connectivity index (χ1v) is 6.40. The molecular weight excluding hydrogens is 252 g/mol. The lowest BCUT2D eigenvalue weighted by Gasteiger charge is -2.16. The van der Waals surface area contributed by atoms with Gasteiger partial charge in [0, 0.05) is 5.56 Å². The molecule has 0 spiro atoms. The molecule has 3 heteroatoms. The number of benzene rings is 2. The average Bonchev–Trinajstić information content (AvgIpc) is 2.48. The quantitative estimate of drug-likeness (QED) is 0.793. The lowest BCUT2D eigenvalue weighted by molar-refractivity contribution is 0.112. The summed E-state index contributed by atoms with van der Waals surface area (Å²) in [4.78, 5) is 11.5. The number of hydrogen-bond acceptors (Lipinski definition) is 3. The van der Waals surface area contributed by atoms with E-state index in [0.717, 1.165) is 28.5 Å². The second-order valence-electron chi connectivity index (χ2n) is 4.69. The van der Waals surface area contributed by atoms with Crippen molar-refractivity contribution in [1.29, 1.82) is 0 Å². The van der Waals surface area contributed by atoms with Crippen molar-refractivity contribution in [2.45, 2.75) is 13.8 Å². The van der Waals surface area contributed by atoms with Crippen LogP contribution in [0.4, 0.5) is 0 Å². The first-order valence-electron chi connectivity index (χ1n) is 6.40. The van der Waals surface area contributed by atoms with E-state index in [0.29, 0.717) is 17.1 Å². The molecule has 0 amide bonds. The predicted molar refractivity (Wildman–Crippen MR) is 79.8 cm³/mol. The van der Waals surface area contributed by atoms with Crippen molar-refractivity contribution < 1.29 is 14.3 Å². The molecule has 0 fully saturated rings. The molecule has 0 aliphatic rings. The minimum absolute atomic E-state index is 0.514. The Morgan fingerprint density at radius 1 is 0.950 bits per heavy atom. The Morgan fingerprint density at radius 3 is 2.20 bits per heavy atom. The van der Waals surface area contributed by atoms with Gasteiger partial charge in [-0.3, -0.25) is 4.79 Å². The molecule has 2 aromatic rings. The van der Waals surface area contributed by atoms with Crippen molar-refractivity contribution in [3.63, 3.8) is 0 Å². The van der Waals surface area contributed by atoms with Crippen molar-refractivity contribution in [3.05, 3.63) is 47.0 Å². The van der Waals surface area contributed by atoms with Gasteiger partial charge >= 0.3 is 0 Å². The maximum Gasteiger partial charge on any atom is 0.154 e. The Labute approximate surface area is 119 Å². The third kappa shape index (κ3) is 2.39. The van der Waals surface area contributed by atoms with Gasteiger partial charge in [-0.25, -0.2) is 0 Å². The molecule has 0 heterocycles. The van der Waals surface area contributed by atoms with Crippen LogP contribution in [0.25, 0.3) is 11.1 Å². The molecule has 0 aliphatic heterocycles. The van der Waals surface area contributed by atoms with Gasteiger partial charge in [-0.05, 0) is 37.1 Å². The molecule has 2 aromatic carbocycles. The Hall–Kier alpha value is -2.29. The molecule has 3 nitrogen and oxygen atoms in total. The van der Waals surface area contributed by atoms with E-state index in [-0.39, 0.29) is 0 Å². The van der Waals surface area contributed by atoms with Gasteiger partial charge in [0.05, 0.1) is 19.8 Å². The van der Waals surface area contributed by atoms with Crippen LogP contribution in [0, 0.1) is 13.8 Å². The van der Waals surface area contributed by atoms with Crippen molar-refractivity contribution in [1.82, 2.24) is 0 Å². The first kappa shape index (κ1) is 14.1. The van der Waals surface area contributed by atoms with Crippen molar-refractivity contribution in [2.24, 2.45) is 0 Å². The van der Waals surface area contributed by atoms with Crippen LogP contribution < -0.4 is 9.47 Å². The van der Waals surface area contributed by atoms with Crippen LogP contribution in [0.15, 0.2) is 30.3 Å². The minimum Gasteiger partial charge on any atom is -0.496 e. The summed E-state index contributed by atoms with van der Waals surface area (Å²) in [5.41, 5.74) is 4.50. The van der Waals surface area contributed by atoms with Gasteiger partial charge < -0.3 is 9.47 Å². The van der Waals surface area contributed by atoms with Crippen LogP contribution >= 0.6 is 0 Å². The highest BCUT2D eigenvalue weighted by Gasteiger charge is 2.17. The summed E-state index contributed by atoms with van der Waals surface area (Å²) in [6.07, 6.45) is 0.818. The molecule has 0 aromatic heterocycles. The number of methoxy groups -OCH3 is 2. The fourth-order valence-electron chi connectivity index (χ4n) is 2.33. The Balaban J connectivity index is 2.82. The molecule has 20 heavy (non-hydrogen) atoms. The number of aldehydes is 1. The molecule has 0 N–H and O–H groups in total. The maximum atomic E-state index is 11.5. The van der Waals surface area contributed by atoms with Crippen LogP contribution in [-0.2, 0) is 0 Å². The third-order valence-electron chi connectivity index (χ3n) is 3.39. The Kier molecular flexibility index (Phi) is 4.08. The standard InChI is InChI=1S/C17H18O3/c1-11-5-6-12(2)13(9-11)17-14(10-18)15(19-3)7-8-16(17)20-4/h5-10H,1-4H3. The molecule has 2 rings (SSSR count). The van der Waals surface area contributed by atoms with Crippen LogP contribution in [0.5, 0.6) is 11.5 Å². The molecule has 0 saturated carbocycles.